The zero-order valence-corrected chi connectivity index (χ0v) is 16.5. The molecule has 148 valence electrons. The molecule has 2 aliphatic heterocycles. The maximum atomic E-state index is 12.6. The summed E-state index contributed by atoms with van der Waals surface area (Å²) < 4.78 is 11.1. The molecule has 0 N–H and O–H groups in total. The largest absolute Gasteiger partial charge is 0.423 e. The van der Waals surface area contributed by atoms with Gasteiger partial charge in [0, 0.05) is 29.7 Å². The van der Waals surface area contributed by atoms with Gasteiger partial charge in [0.1, 0.15) is 16.9 Å². The topological polar surface area (TPSA) is 59.8 Å². The number of anilines is 1. The molecule has 0 spiro atoms. The van der Waals surface area contributed by atoms with Crippen LogP contribution in [0.4, 0.5) is 5.69 Å². The van der Waals surface area contributed by atoms with Crippen LogP contribution in [-0.2, 0) is 19.3 Å². The number of hydrogen-bond acceptors (Lipinski definition) is 5. The second-order valence-electron chi connectivity index (χ2n) is 7.81. The fourth-order valence-electron chi connectivity index (χ4n) is 4.54. The van der Waals surface area contributed by atoms with E-state index in [1.54, 1.807) is 18.2 Å². The van der Waals surface area contributed by atoms with Gasteiger partial charge in [-0.25, -0.2) is 9.59 Å². The molecule has 0 saturated heterocycles. The van der Waals surface area contributed by atoms with Gasteiger partial charge in [-0.2, -0.15) is 0 Å². The number of hydrogen-bond donors (Lipinski definition) is 0. The van der Waals surface area contributed by atoms with Crippen molar-refractivity contribution in [2.24, 2.45) is 0 Å². The zero-order valence-electron chi connectivity index (χ0n) is 16.5. The standard InChI is InChI=1S/C24H23NO4/c1-2-15-7-9-18(10-8-15)28-23(26)20-14-17-13-16-5-3-11-25-12-4-6-19(21(16)25)22(17)29-24(20)27/h7-10,13-14H,2-6,11-12H2,1H3. The van der Waals surface area contributed by atoms with E-state index in [1.807, 2.05) is 12.1 Å². The Labute approximate surface area is 168 Å². The van der Waals surface area contributed by atoms with Crippen molar-refractivity contribution in [2.75, 3.05) is 18.0 Å². The Morgan fingerprint density at radius 2 is 1.86 bits per heavy atom. The maximum absolute atomic E-state index is 12.6. The highest BCUT2D eigenvalue weighted by atomic mass is 16.5. The Balaban J connectivity index is 1.55. The van der Waals surface area contributed by atoms with E-state index in [0.29, 0.717) is 11.3 Å². The van der Waals surface area contributed by atoms with Crippen molar-refractivity contribution in [1.29, 1.82) is 0 Å². The first-order chi connectivity index (χ1) is 14.1. The summed E-state index contributed by atoms with van der Waals surface area (Å²) in [6.07, 6.45) is 4.99. The van der Waals surface area contributed by atoms with Gasteiger partial charge in [0.2, 0.25) is 0 Å². The molecule has 29 heavy (non-hydrogen) atoms. The van der Waals surface area contributed by atoms with Gasteiger partial charge >= 0.3 is 11.6 Å². The Kier molecular flexibility index (Phi) is 4.38. The zero-order chi connectivity index (χ0) is 20.0. The quantitative estimate of drug-likeness (QED) is 0.380. The first-order valence-electron chi connectivity index (χ1n) is 10.3. The highest BCUT2D eigenvalue weighted by molar-refractivity contribution is 5.96. The maximum Gasteiger partial charge on any atom is 0.351 e. The summed E-state index contributed by atoms with van der Waals surface area (Å²) in [4.78, 5) is 27.7. The lowest BCUT2D eigenvalue weighted by Crippen LogP contribution is -2.34. The molecule has 5 rings (SSSR count). The average Bonchev–Trinajstić information content (AvgIpc) is 2.75. The van der Waals surface area contributed by atoms with Crippen molar-refractivity contribution in [3.63, 3.8) is 0 Å². The van der Waals surface area contributed by atoms with Crippen molar-refractivity contribution in [1.82, 2.24) is 0 Å². The number of carbonyl (C=O) groups excluding carboxylic acids is 1. The van der Waals surface area contributed by atoms with E-state index in [2.05, 4.69) is 17.9 Å². The van der Waals surface area contributed by atoms with Crippen molar-refractivity contribution in [3.8, 4) is 5.75 Å². The Morgan fingerprint density at radius 1 is 1.10 bits per heavy atom. The minimum Gasteiger partial charge on any atom is -0.423 e. The van der Waals surface area contributed by atoms with Crippen molar-refractivity contribution < 1.29 is 13.9 Å². The third kappa shape index (κ3) is 3.11. The predicted molar refractivity (Wildman–Crippen MR) is 112 cm³/mol. The second-order valence-corrected chi connectivity index (χ2v) is 7.81. The first kappa shape index (κ1) is 18.0. The van der Waals surface area contributed by atoms with Crippen LogP contribution in [0.5, 0.6) is 5.75 Å². The third-order valence-corrected chi connectivity index (χ3v) is 5.98. The second kappa shape index (κ2) is 7.07. The van der Waals surface area contributed by atoms with Crippen LogP contribution in [-0.4, -0.2) is 19.1 Å². The summed E-state index contributed by atoms with van der Waals surface area (Å²) >= 11 is 0. The van der Waals surface area contributed by atoms with Crippen LogP contribution in [0.3, 0.4) is 0 Å². The summed E-state index contributed by atoms with van der Waals surface area (Å²) in [5, 5.41) is 0.801. The van der Waals surface area contributed by atoms with E-state index in [9.17, 15) is 9.59 Å². The van der Waals surface area contributed by atoms with Crippen molar-refractivity contribution >= 4 is 22.6 Å². The molecule has 0 fully saturated rings. The number of nitrogens with zero attached hydrogens (tertiary/aromatic N) is 1. The fraction of sp³-hybridized carbons (Fsp3) is 0.333. The molecular formula is C24H23NO4. The summed E-state index contributed by atoms with van der Waals surface area (Å²) in [5.41, 5.74) is 4.69. The molecule has 5 nitrogen and oxygen atoms in total. The van der Waals surface area contributed by atoms with Gasteiger partial charge in [0.25, 0.3) is 0 Å². The molecule has 5 heteroatoms. The number of rotatable bonds is 3. The highest BCUT2D eigenvalue weighted by Crippen LogP contribution is 2.39. The smallest absolute Gasteiger partial charge is 0.351 e. The van der Waals surface area contributed by atoms with Crippen LogP contribution in [0, 0.1) is 0 Å². The van der Waals surface area contributed by atoms with Crippen molar-refractivity contribution in [2.45, 2.75) is 39.0 Å². The minimum atomic E-state index is -0.683. The van der Waals surface area contributed by atoms with E-state index < -0.39 is 11.6 Å². The van der Waals surface area contributed by atoms with Crippen LogP contribution in [0.1, 0.15) is 46.8 Å². The normalized spacial score (nSPS) is 15.3. The van der Waals surface area contributed by atoms with Gasteiger partial charge in [0.05, 0.1) is 0 Å². The van der Waals surface area contributed by atoms with Crippen LogP contribution in [0.15, 0.2) is 45.6 Å². The van der Waals surface area contributed by atoms with Gasteiger partial charge < -0.3 is 14.1 Å². The third-order valence-electron chi connectivity index (χ3n) is 5.98. The lowest BCUT2D eigenvalue weighted by molar-refractivity contribution is 0.0730. The molecule has 0 aliphatic carbocycles. The van der Waals surface area contributed by atoms with E-state index in [1.165, 1.54) is 11.3 Å². The number of fused-ring (bicyclic) bond motifs is 2. The molecule has 2 aliphatic rings. The van der Waals surface area contributed by atoms with E-state index >= 15 is 0 Å². The molecule has 0 atom stereocenters. The van der Waals surface area contributed by atoms with Gasteiger partial charge in [-0.15, -0.1) is 0 Å². The van der Waals surface area contributed by atoms with Gasteiger partial charge in [0.15, 0.2) is 0 Å². The van der Waals surface area contributed by atoms with Crippen LogP contribution < -0.4 is 15.3 Å². The Morgan fingerprint density at radius 3 is 2.62 bits per heavy atom. The molecule has 2 aromatic carbocycles. The summed E-state index contributed by atoms with van der Waals surface area (Å²) in [6, 6.07) is 11.0. The molecule has 0 radical (unpaired) electrons. The molecule has 1 aromatic heterocycles. The highest BCUT2D eigenvalue weighted by Gasteiger charge is 2.28. The lowest BCUT2D eigenvalue weighted by atomic mass is 9.90. The predicted octanol–water partition coefficient (Wildman–Crippen LogP) is 4.27. The number of esters is 1. The van der Waals surface area contributed by atoms with E-state index in [4.69, 9.17) is 9.15 Å². The number of ether oxygens (including phenoxy) is 1. The molecule has 0 unspecified atom stereocenters. The van der Waals surface area contributed by atoms with Gasteiger partial charge in [-0.1, -0.05) is 19.1 Å². The Bertz CT molecular complexity index is 1160. The molecule has 3 heterocycles. The molecule has 0 amide bonds. The molecule has 3 aromatic rings. The average molecular weight is 389 g/mol. The fourth-order valence-corrected chi connectivity index (χ4v) is 4.54. The summed E-state index contributed by atoms with van der Waals surface area (Å²) in [5.74, 6) is -0.263. The molecule has 0 saturated carbocycles. The number of benzene rings is 2. The minimum absolute atomic E-state index is 0.0623. The SMILES string of the molecule is CCc1ccc(OC(=O)c2cc3cc4c5c(c3oc2=O)CCCN5CCC4)cc1. The first-order valence-corrected chi connectivity index (χ1v) is 10.3. The van der Waals surface area contributed by atoms with Crippen LogP contribution >= 0.6 is 0 Å². The van der Waals surface area contributed by atoms with Crippen LogP contribution in [0.25, 0.3) is 11.0 Å². The van der Waals surface area contributed by atoms with Gasteiger partial charge in [-0.05, 0) is 67.5 Å². The monoisotopic (exact) mass is 389 g/mol. The van der Waals surface area contributed by atoms with Crippen LogP contribution in [0.2, 0.25) is 0 Å². The van der Waals surface area contributed by atoms with E-state index in [-0.39, 0.29) is 5.56 Å². The van der Waals surface area contributed by atoms with E-state index in [0.717, 1.165) is 61.7 Å². The van der Waals surface area contributed by atoms with Gasteiger partial charge in [-0.3, -0.25) is 0 Å². The summed E-state index contributed by atoms with van der Waals surface area (Å²) in [7, 11) is 0. The van der Waals surface area contributed by atoms with Crippen molar-refractivity contribution in [3.05, 3.63) is 69.1 Å². The number of carbonyl (C=O) groups is 1. The molecular weight excluding hydrogens is 366 g/mol. The number of aryl methyl sites for hydroxylation is 3. The lowest BCUT2D eigenvalue weighted by Gasteiger charge is -2.37. The molecule has 0 bridgehead atoms. The Hall–Kier alpha value is -3.08. The summed E-state index contributed by atoms with van der Waals surface area (Å²) in [6.45, 7) is 4.17.